The summed E-state index contributed by atoms with van der Waals surface area (Å²) in [5.74, 6) is -0.867. The van der Waals surface area contributed by atoms with Crippen molar-refractivity contribution in [1.82, 2.24) is 25.1 Å². The molecule has 8 nitrogen and oxygen atoms in total. The molecule has 35 heavy (non-hydrogen) atoms. The van der Waals surface area contributed by atoms with Crippen molar-refractivity contribution in [2.45, 2.75) is 25.4 Å². The number of fused-ring (bicyclic) bond motifs is 1. The van der Waals surface area contributed by atoms with E-state index in [1.54, 1.807) is 18.2 Å². The summed E-state index contributed by atoms with van der Waals surface area (Å²) < 4.78 is 38.4. The van der Waals surface area contributed by atoms with Crippen molar-refractivity contribution in [2.24, 2.45) is 0 Å². The van der Waals surface area contributed by atoms with Crippen LogP contribution in [0.15, 0.2) is 48.7 Å². The molecule has 0 radical (unpaired) electrons. The summed E-state index contributed by atoms with van der Waals surface area (Å²) in [7, 11) is 1.61. The molecule has 1 N–H and O–H groups in total. The summed E-state index contributed by atoms with van der Waals surface area (Å²) in [6.07, 6.45) is 2.58. The second kappa shape index (κ2) is 9.65. The molecular weight excluding hydrogens is 456 g/mol. The zero-order valence-corrected chi connectivity index (χ0v) is 19.0. The van der Waals surface area contributed by atoms with E-state index in [-0.39, 0.29) is 30.0 Å². The number of likely N-dealkylation sites (tertiary alicyclic amines) is 1. The molecule has 180 valence electrons. The fourth-order valence-electron chi connectivity index (χ4n) is 4.21. The van der Waals surface area contributed by atoms with Crippen LogP contribution in [-0.4, -0.2) is 57.3 Å². The quantitative estimate of drug-likeness (QED) is 0.451. The minimum atomic E-state index is -0.712. The van der Waals surface area contributed by atoms with E-state index < -0.39 is 11.6 Å². The summed E-state index contributed by atoms with van der Waals surface area (Å²) in [6, 6.07) is 11.1. The Balaban J connectivity index is 1.21. The summed E-state index contributed by atoms with van der Waals surface area (Å²) in [6.45, 7) is 0.934. The Morgan fingerprint density at radius 3 is 2.74 bits per heavy atom. The van der Waals surface area contributed by atoms with Crippen LogP contribution in [-0.2, 0) is 11.2 Å². The fourth-order valence-corrected chi connectivity index (χ4v) is 4.21. The normalized spacial score (nSPS) is 14.3. The van der Waals surface area contributed by atoms with Crippen molar-refractivity contribution >= 4 is 16.9 Å². The number of carbonyl (C=O) groups excluding carboxylic acids is 1. The lowest BCUT2D eigenvalue weighted by molar-refractivity contribution is -0.132. The van der Waals surface area contributed by atoms with Gasteiger partial charge in [0.15, 0.2) is 5.65 Å². The number of para-hydroxylation sites is 1. The molecule has 1 fully saturated rings. The highest BCUT2D eigenvalue weighted by Gasteiger charge is 2.25. The Labute approximate surface area is 199 Å². The zero-order chi connectivity index (χ0) is 24.4. The minimum absolute atomic E-state index is 0.106. The number of amides is 1. The minimum Gasteiger partial charge on any atom is -0.496 e. The first-order chi connectivity index (χ1) is 17.0. The number of halogens is 2. The van der Waals surface area contributed by atoms with E-state index in [1.165, 1.54) is 6.07 Å². The number of H-pyrrole nitrogens is 1. The smallest absolute Gasteiger partial charge is 0.318 e. The van der Waals surface area contributed by atoms with E-state index in [9.17, 15) is 13.6 Å². The number of nitrogens with zero attached hydrogens (tertiary/aromatic N) is 4. The van der Waals surface area contributed by atoms with Crippen LogP contribution in [0.2, 0.25) is 0 Å². The number of hydrogen-bond donors (Lipinski definition) is 1. The summed E-state index contributed by atoms with van der Waals surface area (Å²) >= 11 is 0. The lowest BCUT2D eigenvalue weighted by Crippen LogP contribution is -2.42. The van der Waals surface area contributed by atoms with Gasteiger partial charge in [-0.15, -0.1) is 0 Å². The number of ether oxygens (including phenoxy) is 2. The molecule has 1 saturated heterocycles. The number of methoxy groups -OCH3 is 1. The van der Waals surface area contributed by atoms with Crippen LogP contribution >= 0.6 is 0 Å². The maximum atomic E-state index is 13.9. The van der Waals surface area contributed by atoms with Crippen molar-refractivity contribution in [3.8, 4) is 23.0 Å². The molecule has 10 heteroatoms. The van der Waals surface area contributed by atoms with Gasteiger partial charge in [-0.25, -0.2) is 13.8 Å². The van der Waals surface area contributed by atoms with Crippen LogP contribution in [0.1, 0.15) is 18.4 Å². The van der Waals surface area contributed by atoms with Crippen LogP contribution in [0.25, 0.3) is 22.3 Å². The van der Waals surface area contributed by atoms with Gasteiger partial charge >= 0.3 is 6.01 Å². The standard InChI is InChI=1S/C25H23F2N5O3/c1-34-21-5-3-2-4-18(21)23-19-14-28-25(29-24(19)31-30-23)35-17-8-10-32(11-9-17)22(33)12-15-6-7-16(26)13-20(15)27/h2-7,13-14,17H,8-12H2,1H3,(H,28,29,30,31). The Kier molecular flexibility index (Phi) is 6.26. The molecule has 0 saturated carbocycles. The maximum Gasteiger partial charge on any atom is 0.318 e. The number of piperidine rings is 1. The molecule has 4 aromatic rings. The molecule has 5 rings (SSSR count). The van der Waals surface area contributed by atoms with Gasteiger partial charge < -0.3 is 14.4 Å². The molecule has 1 aliphatic heterocycles. The van der Waals surface area contributed by atoms with Crippen LogP contribution in [0.5, 0.6) is 11.8 Å². The topological polar surface area (TPSA) is 93.2 Å². The van der Waals surface area contributed by atoms with Crippen LogP contribution in [0.4, 0.5) is 8.78 Å². The van der Waals surface area contributed by atoms with E-state index in [0.717, 1.165) is 28.8 Å². The van der Waals surface area contributed by atoms with Crippen LogP contribution < -0.4 is 9.47 Å². The van der Waals surface area contributed by atoms with Crippen molar-refractivity contribution in [1.29, 1.82) is 0 Å². The van der Waals surface area contributed by atoms with Gasteiger partial charge in [0.2, 0.25) is 5.91 Å². The van der Waals surface area contributed by atoms with Crippen molar-refractivity contribution < 1.29 is 23.0 Å². The van der Waals surface area contributed by atoms with Gasteiger partial charge in [0.25, 0.3) is 0 Å². The zero-order valence-electron chi connectivity index (χ0n) is 19.0. The predicted octanol–water partition coefficient (Wildman–Crippen LogP) is 3.92. The molecule has 0 unspecified atom stereocenters. The summed E-state index contributed by atoms with van der Waals surface area (Å²) in [4.78, 5) is 23.0. The third-order valence-electron chi connectivity index (χ3n) is 6.09. The Morgan fingerprint density at radius 2 is 1.97 bits per heavy atom. The highest BCUT2D eigenvalue weighted by molar-refractivity contribution is 5.92. The van der Waals surface area contributed by atoms with Gasteiger partial charge in [-0.1, -0.05) is 18.2 Å². The van der Waals surface area contributed by atoms with Gasteiger partial charge in [-0.2, -0.15) is 10.1 Å². The van der Waals surface area contributed by atoms with Crippen LogP contribution in [0.3, 0.4) is 0 Å². The van der Waals surface area contributed by atoms with Gasteiger partial charge in [0.1, 0.15) is 23.5 Å². The predicted molar refractivity (Wildman–Crippen MR) is 124 cm³/mol. The SMILES string of the molecule is COc1ccccc1-c1[nH]nc2nc(OC3CCN(C(=O)Cc4ccc(F)cc4F)CC3)ncc12. The molecule has 2 aromatic carbocycles. The molecule has 3 heterocycles. The number of aromatic nitrogens is 4. The maximum absolute atomic E-state index is 13.9. The number of aromatic amines is 1. The summed E-state index contributed by atoms with van der Waals surface area (Å²) in [5.41, 5.74) is 2.27. The number of carbonyl (C=O) groups is 1. The van der Waals surface area contributed by atoms with Crippen molar-refractivity contribution in [3.05, 3.63) is 65.9 Å². The second-order valence-electron chi connectivity index (χ2n) is 8.30. The molecule has 0 bridgehead atoms. The molecule has 0 spiro atoms. The van der Waals surface area contributed by atoms with E-state index in [0.29, 0.717) is 37.3 Å². The lowest BCUT2D eigenvalue weighted by atomic mass is 10.1. The molecule has 1 aliphatic rings. The van der Waals surface area contributed by atoms with E-state index in [2.05, 4.69) is 20.2 Å². The number of rotatable bonds is 6. The van der Waals surface area contributed by atoms with Gasteiger partial charge in [-0.05, 0) is 23.8 Å². The van der Waals surface area contributed by atoms with Crippen molar-refractivity contribution in [2.75, 3.05) is 20.2 Å². The third-order valence-corrected chi connectivity index (χ3v) is 6.09. The first-order valence-electron chi connectivity index (χ1n) is 11.2. The summed E-state index contributed by atoms with van der Waals surface area (Å²) in [5, 5.41) is 8.04. The average molecular weight is 479 g/mol. The largest absolute Gasteiger partial charge is 0.496 e. The number of nitrogens with one attached hydrogen (secondary N) is 1. The monoisotopic (exact) mass is 479 g/mol. The molecule has 1 amide bonds. The van der Waals surface area contributed by atoms with Gasteiger partial charge in [0.05, 0.1) is 24.6 Å². The Hall–Kier alpha value is -4.08. The highest BCUT2D eigenvalue weighted by Crippen LogP contribution is 2.32. The van der Waals surface area contributed by atoms with Crippen molar-refractivity contribution in [3.63, 3.8) is 0 Å². The molecule has 2 aromatic heterocycles. The third kappa shape index (κ3) is 4.77. The van der Waals surface area contributed by atoms with E-state index in [4.69, 9.17) is 9.47 Å². The van der Waals surface area contributed by atoms with E-state index in [1.807, 2.05) is 24.3 Å². The molecule has 0 aliphatic carbocycles. The van der Waals surface area contributed by atoms with Gasteiger partial charge in [-0.3, -0.25) is 9.89 Å². The van der Waals surface area contributed by atoms with Crippen LogP contribution in [0, 0.1) is 11.6 Å². The number of benzene rings is 2. The van der Waals surface area contributed by atoms with E-state index >= 15 is 0 Å². The first-order valence-corrected chi connectivity index (χ1v) is 11.2. The first kappa shape index (κ1) is 22.7. The van der Waals surface area contributed by atoms with Gasteiger partial charge in [0, 0.05) is 43.8 Å². The Bertz CT molecular complexity index is 1370. The molecule has 0 atom stereocenters. The fraction of sp³-hybridized carbons (Fsp3) is 0.280. The Morgan fingerprint density at radius 1 is 1.17 bits per heavy atom. The average Bonchev–Trinajstić information content (AvgIpc) is 3.29. The highest BCUT2D eigenvalue weighted by atomic mass is 19.1. The lowest BCUT2D eigenvalue weighted by Gasteiger charge is -2.31. The second-order valence-corrected chi connectivity index (χ2v) is 8.30. The molecular formula is C25H23F2N5O3. The number of hydrogen-bond acceptors (Lipinski definition) is 6.